The average Bonchev–Trinajstić information content (AvgIpc) is 3.10. The lowest BCUT2D eigenvalue weighted by atomic mass is 9.99. The van der Waals surface area contributed by atoms with Crippen molar-refractivity contribution in [3.8, 4) is 11.8 Å². The highest BCUT2D eigenvalue weighted by Crippen LogP contribution is 2.26. The fourth-order valence-electron chi connectivity index (χ4n) is 3.22. The third-order valence-electron chi connectivity index (χ3n) is 4.57. The molecule has 0 aromatic heterocycles. The number of urea groups is 1. The summed E-state index contributed by atoms with van der Waals surface area (Å²) in [5.41, 5.74) is -0.562. The van der Waals surface area contributed by atoms with Gasteiger partial charge in [0.05, 0.1) is 6.54 Å². The molecule has 0 saturated carbocycles. The van der Waals surface area contributed by atoms with Crippen molar-refractivity contribution >= 4 is 17.8 Å². The van der Waals surface area contributed by atoms with Crippen molar-refractivity contribution in [2.45, 2.75) is 12.1 Å². The fraction of sp³-hybridized carbons (Fsp3) is 0.150. The number of halogens is 2. The number of imide groups is 1. The first-order chi connectivity index (χ1) is 13.4. The highest BCUT2D eigenvalue weighted by molar-refractivity contribution is 6.10. The zero-order chi connectivity index (χ0) is 19.9. The highest BCUT2D eigenvalue weighted by Gasteiger charge is 2.48. The molecule has 1 saturated heterocycles. The van der Waals surface area contributed by atoms with Gasteiger partial charge < -0.3 is 10.2 Å². The van der Waals surface area contributed by atoms with Crippen LogP contribution in [0.4, 0.5) is 13.6 Å². The van der Waals surface area contributed by atoms with Gasteiger partial charge in [-0.15, -0.1) is 0 Å². The number of nitrogens with zero attached hydrogens (tertiary/aromatic N) is 1. The molecule has 2 aliphatic heterocycles. The number of carbonyl (C=O) groups is 3. The summed E-state index contributed by atoms with van der Waals surface area (Å²) in [5, 5.41) is 4.56. The standard InChI is InChI=1S/C20H13F2N3O3/c21-14-3-1-2-12(8-14)6-7-20(18(27)23-19(28)24-20)11-25-10-13-4-5-15(22)9-16(13)17(25)26/h1-5,8-9H,10-11H2,(H2,23,24,27,28)/t20-/m0/s1. The monoisotopic (exact) mass is 381 g/mol. The molecule has 4 rings (SSSR count). The van der Waals surface area contributed by atoms with Gasteiger partial charge in [0.2, 0.25) is 5.54 Å². The van der Waals surface area contributed by atoms with Crippen LogP contribution >= 0.6 is 0 Å². The molecule has 0 bridgehead atoms. The van der Waals surface area contributed by atoms with Crippen LogP contribution in [-0.2, 0) is 11.3 Å². The Morgan fingerprint density at radius 3 is 2.57 bits per heavy atom. The van der Waals surface area contributed by atoms with Crippen LogP contribution in [0, 0.1) is 23.5 Å². The van der Waals surface area contributed by atoms with E-state index in [2.05, 4.69) is 22.5 Å². The van der Waals surface area contributed by atoms with Gasteiger partial charge >= 0.3 is 6.03 Å². The minimum absolute atomic E-state index is 0.154. The minimum Gasteiger partial charge on any atom is -0.330 e. The van der Waals surface area contributed by atoms with E-state index >= 15 is 0 Å². The second kappa shape index (κ2) is 6.46. The Hall–Kier alpha value is -3.73. The molecule has 4 amide bonds. The Balaban J connectivity index is 1.66. The lowest BCUT2D eigenvalue weighted by molar-refractivity contribution is -0.122. The highest BCUT2D eigenvalue weighted by atomic mass is 19.1. The Morgan fingerprint density at radius 2 is 1.86 bits per heavy atom. The molecule has 1 fully saturated rings. The molecule has 0 unspecified atom stereocenters. The van der Waals surface area contributed by atoms with E-state index in [4.69, 9.17) is 0 Å². The lowest BCUT2D eigenvalue weighted by Crippen LogP contribution is -2.54. The molecule has 0 aliphatic carbocycles. The molecular formula is C20H13F2N3O3. The first kappa shape index (κ1) is 17.7. The van der Waals surface area contributed by atoms with Gasteiger partial charge in [-0.1, -0.05) is 24.0 Å². The molecule has 0 radical (unpaired) electrons. The zero-order valence-corrected chi connectivity index (χ0v) is 14.4. The van der Waals surface area contributed by atoms with Gasteiger partial charge in [-0.3, -0.25) is 14.9 Å². The summed E-state index contributed by atoms with van der Waals surface area (Å²) in [6, 6.07) is 8.61. The van der Waals surface area contributed by atoms with Gasteiger partial charge in [0.15, 0.2) is 0 Å². The molecule has 1 atom stereocenters. The maximum atomic E-state index is 13.5. The number of amides is 4. The molecule has 2 aromatic rings. The van der Waals surface area contributed by atoms with E-state index in [0.29, 0.717) is 11.1 Å². The first-order valence-corrected chi connectivity index (χ1v) is 8.36. The predicted octanol–water partition coefficient (Wildman–Crippen LogP) is 1.55. The summed E-state index contributed by atoms with van der Waals surface area (Å²) in [6.07, 6.45) is 0. The minimum atomic E-state index is -1.69. The van der Waals surface area contributed by atoms with Gasteiger partial charge in [0, 0.05) is 17.7 Å². The summed E-state index contributed by atoms with van der Waals surface area (Å²) < 4.78 is 26.8. The lowest BCUT2D eigenvalue weighted by Gasteiger charge is -2.26. The van der Waals surface area contributed by atoms with E-state index in [1.807, 2.05) is 0 Å². The van der Waals surface area contributed by atoms with Crippen LogP contribution in [0.5, 0.6) is 0 Å². The molecule has 6 nitrogen and oxygen atoms in total. The topological polar surface area (TPSA) is 78.5 Å². The quantitative estimate of drug-likeness (QED) is 0.612. The van der Waals surface area contributed by atoms with Crippen LogP contribution in [0.25, 0.3) is 0 Å². The van der Waals surface area contributed by atoms with Crippen molar-refractivity contribution in [3.05, 3.63) is 70.8 Å². The van der Waals surface area contributed by atoms with Crippen molar-refractivity contribution < 1.29 is 23.2 Å². The first-order valence-electron chi connectivity index (χ1n) is 8.36. The van der Waals surface area contributed by atoms with Gasteiger partial charge in [-0.25, -0.2) is 13.6 Å². The third-order valence-corrected chi connectivity index (χ3v) is 4.57. The van der Waals surface area contributed by atoms with Crippen LogP contribution in [-0.4, -0.2) is 34.8 Å². The van der Waals surface area contributed by atoms with E-state index in [9.17, 15) is 23.2 Å². The smallest absolute Gasteiger partial charge is 0.323 e. The summed E-state index contributed by atoms with van der Waals surface area (Å²) in [7, 11) is 0. The van der Waals surface area contributed by atoms with Crippen molar-refractivity contribution in [2.24, 2.45) is 0 Å². The van der Waals surface area contributed by atoms with Crippen LogP contribution in [0.3, 0.4) is 0 Å². The Bertz CT molecular complexity index is 1090. The van der Waals surface area contributed by atoms with E-state index in [0.717, 1.165) is 6.07 Å². The number of carbonyl (C=O) groups excluding carboxylic acids is 3. The normalized spacial score (nSPS) is 20.4. The van der Waals surface area contributed by atoms with Gasteiger partial charge in [-0.2, -0.15) is 0 Å². The number of nitrogens with one attached hydrogen (secondary N) is 2. The molecule has 2 N–H and O–H groups in total. The van der Waals surface area contributed by atoms with Crippen LogP contribution < -0.4 is 10.6 Å². The summed E-state index contributed by atoms with van der Waals surface area (Å²) in [5.74, 6) is 3.14. The molecule has 8 heteroatoms. The van der Waals surface area contributed by atoms with Crippen molar-refractivity contribution in [1.29, 1.82) is 0 Å². The Morgan fingerprint density at radius 1 is 1.07 bits per heavy atom. The molecule has 0 spiro atoms. The molecule has 28 heavy (non-hydrogen) atoms. The zero-order valence-electron chi connectivity index (χ0n) is 14.4. The Kier molecular flexibility index (Phi) is 4.08. The molecule has 2 aromatic carbocycles. The maximum absolute atomic E-state index is 13.5. The third kappa shape index (κ3) is 3.07. The van der Waals surface area contributed by atoms with Gasteiger partial charge in [0.1, 0.15) is 11.6 Å². The molecule has 140 valence electrons. The van der Waals surface area contributed by atoms with E-state index in [1.165, 1.54) is 35.2 Å². The average molecular weight is 381 g/mol. The number of hydrogen-bond donors (Lipinski definition) is 2. The number of fused-ring (bicyclic) bond motifs is 1. The number of benzene rings is 2. The predicted molar refractivity (Wildman–Crippen MR) is 93.8 cm³/mol. The molecular weight excluding hydrogens is 368 g/mol. The summed E-state index contributed by atoms with van der Waals surface area (Å²) >= 11 is 0. The van der Waals surface area contributed by atoms with Gasteiger partial charge in [0.25, 0.3) is 11.8 Å². The van der Waals surface area contributed by atoms with Crippen LogP contribution in [0.1, 0.15) is 21.5 Å². The molecule has 2 heterocycles. The van der Waals surface area contributed by atoms with E-state index in [1.54, 1.807) is 6.07 Å². The van der Waals surface area contributed by atoms with E-state index < -0.39 is 35.0 Å². The van der Waals surface area contributed by atoms with Crippen molar-refractivity contribution in [2.75, 3.05) is 6.54 Å². The fourth-order valence-corrected chi connectivity index (χ4v) is 3.22. The van der Waals surface area contributed by atoms with Crippen molar-refractivity contribution in [1.82, 2.24) is 15.5 Å². The largest absolute Gasteiger partial charge is 0.330 e. The summed E-state index contributed by atoms with van der Waals surface area (Å²) in [4.78, 5) is 38.1. The SMILES string of the molecule is O=C1NC(=O)[C@](C#Cc2cccc(F)c2)(CN2Cc3ccc(F)cc3C2=O)N1. The van der Waals surface area contributed by atoms with Gasteiger partial charge in [-0.05, 0) is 35.9 Å². The van der Waals surface area contributed by atoms with Crippen LogP contribution in [0.2, 0.25) is 0 Å². The molecule has 2 aliphatic rings. The number of hydrogen-bond acceptors (Lipinski definition) is 3. The Labute approximate surface area is 158 Å². The van der Waals surface area contributed by atoms with E-state index in [-0.39, 0.29) is 18.7 Å². The second-order valence-corrected chi connectivity index (χ2v) is 6.54. The van der Waals surface area contributed by atoms with Crippen molar-refractivity contribution in [3.63, 3.8) is 0 Å². The van der Waals surface area contributed by atoms with Crippen LogP contribution in [0.15, 0.2) is 42.5 Å². The number of rotatable bonds is 2. The maximum Gasteiger partial charge on any atom is 0.323 e. The summed E-state index contributed by atoms with van der Waals surface area (Å²) in [6.45, 7) is -0.0803. The second-order valence-electron chi connectivity index (χ2n) is 6.54.